The van der Waals surface area contributed by atoms with Gasteiger partial charge < -0.3 is 10.6 Å². The summed E-state index contributed by atoms with van der Waals surface area (Å²) in [5.41, 5.74) is 0. The molecule has 0 spiro atoms. The number of hydrogen-bond acceptors (Lipinski definition) is 5. The molecular formula is C25H39N3O5S. The lowest BCUT2D eigenvalue weighted by Gasteiger charge is -2.06. The second kappa shape index (κ2) is 17.8. The summed E-state index contributed by atoms with van der Waals surface area (Å²) < 4.78 is 26.3. The highest BCUT2D eigenvalue weighted by atomic mass is 32.2. The fourth-order valence-corrected chi connectivity index (χ4v) is 4.34. The summed E-state index contributed by atoms with van der Waals surface area (Å²) in [6.45, 7) is 0.511. The Morgan fingerprint density at radius 2 is 1.32 bits per heavy atom. The molecule has 1 aromatic carbocycles. The molecule has 34 heavy (non-hydrogen) atoms. The molecule has 0 bridgehead atoms. The highest BCUT2D eigenvalue weighted by Gasteiger charge is 2.16. The van der Waals surface area contributed by atoms with Crippen molar-refractivity contribution < 1.29 is 22.8 Å². The van der Waals surface area contributed by atoms with Crippen molar-refractivity contribution in [1.82, 2.24) is 15.4 Å². The molecule has 0 radical (unpaired) electrons. The number of benzene rings is 1. The zero-order valence-electron chi connectivity index (χ0n) is 20.2. The van der Waals surface area contributed by atoms with Gasteiger partial charge in [0, 0.05) is 20.0 Å². The summed E-state index contributed by atoms with van der Waals surface area (Å²) in [6.07, 6.45) is 15.7. The van der Waals surface area contributed by atoms with Crippen molar-refractivity contribution in [3.63, 3.8) is 0 Å². The minimum atomic E-state index is -3.77. The normalized spacial score (nSPS) is 11.3. The Balaban J connectivity index is 1.92. The van der Waals surface area contributed by atoms with Crippen molar-refractivity contribution in [3.05, 3.63) is 42.5 Å². The number of carbonyl (C=O) groups is 3. The predicted molar refractivity (Wildman–Crippen MR) is 133 cm³/mol. The number of carbonyl (C=O) groups excluding carboxylic acids is 3. The minimum Gasteiger partial charge on any atom is -0.351 e. The van der Waals surface area contributed by atoms with Crippen LogP contribution in [0.25, 0.3) is 0 Å². The van der Waals surface area contributed by atoms with Crippen LogP contribution >= 0.6 is 0 Å². The Labute approximate surface area is 204 Å². The Hall–Kier alpha value is -2.68. The molecule has 0 saturated heterocycles. The van der Waals surface area contributed by atoms with E-state index in [0.717, 1.165) is 57.8 Å². The Morgan fingerprint density at radius 1 is 0.765 bits per heavy atom. The molecule has 0 aliphatic heterocycles. The van der Waals surface area contributed by atoms with Gasteiger partial charge in [0.2, 0.25) is 5.91 Å². The molecule has 9 heteroatoms. The average molecular weight is 494 g/mol. The van der Waals surface area contributed by atoms with E-state index in [2.05, 4.69) is 27.5 Å². The van der Waals surface area contributed by atoms with Crippen LogP contribution in [-0.4, -0.2) is 39.7 Å². The average Bonchev–Trinajstić information content (AvgIpc) is 2.83. The lowest BCUT2D eigenvalue weighted by atomic mass is 10.1. The van der Waals surface area contributed by atoms with Crippen molar-refractivity contribution in [3.8, 4) is 0 Å². The molecule has 3 N–H and O–H groups in total. The fourth-order valence-electron chi connectivity index (χ4n) is 3.31. The molecule has 0 unspecified atom stereocenters. The topological polar surface area (TPSA) is 121 Å². The Bertz CT molecular complexity index is 870. The molecule has 8 nitrogen and oxygen atoms in total. The molecule has 190 valence electrons. The van der Waals surface area contributed by atoms with E-state index < -0.39 is 27.7 Å². The van der Waals surface area contributed by atoms with Gasteiger partial charge in [0.1, 0.15) is 0 Å². The zero-order chi connectivity index (χ0) is 25.1. The maximum atomic E-state index is 12.1. The van der Waals surface area contributed by atoms with Crippen molar-refractivity contribution in [1.29, 1.82) is 0 Å². The summed E-state index contributed by atoms with van der Waals surface area (Å²) in [4.78, 5) is 34.3. The first-order valence-electron chi connectivity index (χ1n) is 12.1. The molecular weight excluding hydrogens is 454 g/mol. The van der Waals surface area contributed by atoms with Crippen LogP contribution in [-0.2, 0) is 24.4 Å². The lowest BCUT2D eigenvalue weighted by Crippen LogP contribution is -2.38. The van der Waals surface area contributed by atoms with Crippen LogP contribution in [0.15, 0.2) is 47.4 Å². The third-order valence-corrected chi connectivity index (χ3v) is 6.65. The van der Waals surface area contributed by atoms with Gasteiger partial charge >= 0.3 is 11.8 Å². The van der Waals surface area contributed by atoms with E-state index in [1.54, 1.807) is 18.2 Å². The van der Waals surface area contributed by atoms with Gasteiger partial charge in [-0.15, -0.1) is 0 Å². The van der Waals surface area contributed by atoms with Crippen LogP contribution in [0.3, 0.4) is 0 Å². The third-order valence-electron chi connectivity index (χ3n) is 5.26. The number of sulfonamides is 1. The number of amides is 3. The van der Waals surface area contributed by atoms with Gasteiger partial charge in [-0.25, -0.2) is 13.1 Å². The van der Waals surface area contributed by atoms with E-state index in [1.165, 1.54) is 25.6 Å². The molecule has 0 saturated carbocycles. The van der Waals surface area contributed by atoms with Crippen LogP contribution in [0.4, 0.5) is 0 Å². The van der Waals surface area contributed by atoms with Gasteiger partial charge in [-0.3, -0.25) is 14.4 Å². The molecule has 0 atom stereocenters. The summed E-state index contributed by atoms with van der Waals surface area (Å²) in [5.74, 6) is -1.65. The van der Waals surface area contributed by atoms with Crippen LogP contribution in [0.5, 0.6) is 0 Å². The third kappa shape index (κ3) is 13.8. The van der Waals surface area contributed by atoms with E-state index >= 15 is 0 Å². The quantitative estimate of drug-likeness (QED) is 0.174. The molecule has 0 aromatic heterocycles. The van der Waals surface area contributed by atoms with Crippen LogP contribution in [0.2, 0.25) is 0 Å². The standard InChI is InChI=1S/C25H39N3O5S/c1-26-24(30)25(31)27-21-17-12-10-8-6-4-2-3-5-7-9-11-16-20-23(29)28-34(32,33)22-18-14-13-15-19-22/h6,8,13-15,18-19H,2-5,7,9-12,16-17,20-21H2,1H3,(H,26,30)(H,27,31)(H,28,29). The second-order valence-corrected chi connectivity index (χ2v) is 9.84. The number of likely N-dealkylation sites (N-methyl/N-ethyl adjacent to an activating group) is 1. The van der Waals surface area contributed by atoms with Gasteiger partial charge in [0.25, 0.3) is 10.0 Å². The largest absolute Gasteiger partial charge is 0.351 e. The van der Waals surface area contributed by atoms with Gasteiger partial charge in [0.05, 0.1) is 4.90 Å². The molecule has 0 aliphatic rings. The van der Waals surface area contributed by atoms with Crippen molar-refractivity contribution in [2.45, 2.75) is 81.9 Å². The maximum absolute atomic E-state index is 12.1. The number of rotatable bonds is 17. The summed E-state index contributed by atoms with van der Waals surface area (Å²) in [6, 6.07) is 7.91. The summed E-state index contributed by atoms with van der Waals surface area (Å²) >= 11 is 0. The lowest BCUT2D eigenvalue weighted by molar-refractivity contribution is -0.138. The van der Waals surface area contributed by atoms with Gasteiger partial charge in [-0.1, -0.05) is 62.5 Å². The van der Waals surface area contributed by atoms with E-state index in [4.69, 9.17) is 0 Å². The van der Waals surface area contributed by atoms with Crippen LogP contribution in [0.1, 0.15) is 77.0 Å². The SMILES string of the molecule is CNC(=O)C(=O)NCCCCC=CCCCCCCCCCC(=O)NS(=O)(=O)c1ccccc1. The molecule has 0 fully saturated rings. The molecule has 1 aromatic rings. The van der Waals surface area contributed by atoms with Crippen molar-refractivity contribution in [2.24, 2.45) is 0 Å². The first kappa shape index (κ1) is 29.4. The smallest absolute Gasteiger partial charge is 0.309 e. The van der Waals surface area contributed by atoms with Gasteiger partial charge in [0.15, 0.2) is 0 Å². The molecule has 1 rings (SSSR count). The summed E-state index contributed by atoms with van der Waals surface area (Å²) in [7, 11) is -2.34. The number of nitrogens with one attached hydrogen (secondary N) is 3. The summed E-state index contributed by atoms with van der Waals surface area (Å²) in [5, 5.41) is 4.87. The highest BCUT2D eigenvalue weighted by molar-refractivity contribution is 7.90. The highest BCUT2D eigenvalue weighted by Crippen LogP contribution is 2.11. The van der Waals surface area contributed by atoms with E-state index in [0.29, 0.717) is 13.0 Å². The first-order chi connectivity index (χ1) is 16.4. The predicted octanol–water partition coefficient (Wildman–Crippen LogP) is 3.59. The zero-order valence-corrected chi connectivity index (χ0v) is 21.0. The number of hydrogen-bond donors (Lipinski definition) is 3. The van der Waals surface area contributed by atoms with Crippen molar-refractivity contribution >= 4 is 27.7 Å². The monoisotopic (exact) mass is 493 g/mol. The van der Waals surface area contributed by atoms with E-state index in [9.17, 15) is 22.8 Å². The Morgan fingerprint density at radius 3 is 1.94 bits per heavy atom. The maximum Gasteiger partial charge on any atom is 0.309 e. The molecule has 0 heterocycles. The minimum absolute atomic E-state index is 0.0997. The van der Waals surface area contributed by atoms with Crippen molar-refractivity contribution in [2.75, 3.05) is 13.6 Å². The Kier molecular flexibility index (Phi) is 15.3. The second-order valence-electron chi connectivity index (χ2n) is 8.16. The number of unbranched alkanes of at least 4 members (excludes halogenated alkanes) is 9. The van der Waals surface area contributed by atoms with Gasteiger partial charge in [-0.2, -0.15) is 0 Å². The fraction of sp³-hybridized carbons (Fsp3) is 0.560. The first-order valence-corrected chi connectivity index (χ1v) is 13.6. The van der Waals surface area contributed by atoms with E-state index in [-0.39, 0.29) is 11.3 Å². The van der Waals surface area contributed by atoms with Crippen LogP contribution in [0, 0.1) is 0 Å². The molecule has 0 aliphatic carbocycles. The molecule has 3 amide bonds. The van der Waals surface area contributed by atoms with E-state index in [1.807, 2.05) is 0 Å². The number of allylic oxidation sites excluding steroid dienone is 2. The van der Waals surface area contributed by atoms with Crippen LogP contribution < -0.4 is 15.4 Å². The van der Waals surface area contributed by atoms with Gasteiger partial charge in [-0.05, 0) is 50.7 Å².